The van der Waals surface area contributed by atoms with Crippen LogP contribution in [0.3, 0.4) is 0 Å². The van der Waals surface area contributed by atoms with Crippen LogP contribution < -0.4 is 0 Å². The van der Waals surface area contributed by atoms with Crippen molar-refractivity contribution in [2.75, 3.05) is 39.5 Å². The number of aliphatic carboxylic acids is 1. The third-order valence-corrected chi connectivity index (χ3v) is 8.68. The molecule has 2 unspecified atom stereocenters. The average molecular weight is 615 g/mol. The number of benzene rings is 3. The van der Waals surface area contributed by atoms with Gasteiger partial charge in [0.1, 0.15) is 5.92 Å². The van der Waals surface area contributed by atoms with Crippen LogP contribution in [0.2, 0.25) is 5.02 Å². The van der Waals surface area contributed by atoms with E-state index in [9.17, 15) is 14.7 Å². The number of carbonyl (C=O) groups excluding carboxylic acids is 1. The fourth-order valence-corrected chi connectivity index (χ4v) is 6.48. The largest absolute Gasteiger partial charge is 0.481 e. The van der Waals surface area contributed by atoms with Gasteiger partial charge in [0.25, 0.3) is 0 Å². The third kappa shape index (κ3) is 7.83. The zero-order valence-corrected chi connectivity index (χ0v) is 25.8. The van der Waals surface area contributed by atoms with Gasteiger partial charge < -0.3 is 19.5 Å². The zero-order chi connectivity index (χ0) is 30.9. The summed E-state index contributed by atoms with van der Waals surface area (Å²) < 4.78 is 12.0. The molecule has 0 amide bonds. The van der Waals surface area contributed by atoms with Crippen LogP contribution in [0.5, 0.6) is 0 Å². The molecule has 2 atom stereocenters. The van der Waals surface area contributed by atoms with E-state index < -0.39 is 23.8 Å². The maximum Gasteiger partial charge on any atom is 0.336 e. The van der Waals surface area contributed by atoms with E-state index >= 15 is 0 Å². The van der Waals surface area contributed by atoms with Crippen LogP contribution in [-0.4, -0.2) is 67.1 Å². The molecule has 2 aliphatic heterocycles. The zero-order valence-electron chi connectivity index (χ0n) is 25.0. The van der Waals surface area contributed by atoms with Gasteiger partial charge >= 0.3 is 11.9 Å². The Balaban J connectivity index is 1.41. The van der Waals surface area contributed by atoms with Gasteiger partial charge in [0, 0.05) is 29.1 Å². The molecule has 7 nitrogen and oxygen atoms in total. The number of rotatable bonds is 13. The number of aliphatic imine (C=N–C) groups is 1. The molecule has 1 N–H and O–H groups in total. The molecule has 2 heterocycles. The van der Waals surface area contributed by atoms with Crippen molar-refractivity contribution in [2.24, 2.45) is 10.9 Å². The van der Waals surface area contributed by atoms with Crippen molar-refractivity contribution in [2.45, 2.75) is 38.0 Å². The van der Waals surface area contributed by atoms with Crippen LogP contribution in [0.15, 0.2) is 101 Å². The lowest BCUT2D eigenvalue weighted by molar-refractivity contribution is -0.141. The van der Waals surface area contributed by atoms with E-state index in [-0.39, 0.29) is 24.7 Å². The Morgan fingerprint density at radius 3 is 2.23 bits per heavy atom. The van der Waals surface area contributed by atoms with Gasteiger partial charge in [-0.25, -0.2) is 4.79 Å². The Labute approximate surface area is 264 Å². The highest BCUT2D eigenvalue weighted by molar-refractivity contribution is 6.30. The van der Waals surface area contributed by atoms with E-state index in [2.05, 4.69) is 34.2 Å². The number of halogens is 1. The minimum atomic E-state index is -1.07. The molecule has 0 aliphatic carbocycles. The first-order valence-corrected chi connectivity index (χ1v) is 15.6. The van der Waals surface area contributed by atoms with Gasteiger partial charge in [0.2, 0.25) is 0 Å². The minimum Gasteiger partial charge on any atom is -0.481 e. The van der Waals surface area contributed by atoms with Gasteiger partial charge in [0.05, 0.1) is 31.1 Å². The Morgan fingerprint density at radius 2 is 1.61 bits per heavy atom. The van der Waals surface area contributed by atoms with Gasteiger partial charge in [-0.3, -0.25) is 9.79 Å². The molecule has 44 heavy (non-hydrogen) atoms. The number of hydrogen-bond donors (Lipinski definition) is 1. The maximum absolute atomic E-state index is 14.0. The van der Waals surface area contributed by atoms with Crippen molar-refractivity contribution in [3.63, 3.8) is 0 Å². The first-order chi connectivity index (χ1) is 21.4. The number of carboxylic acids is 1. The monoisotopic (exact) mass is 614 g/mol. The predicted octanol–water partition coefficient (Wildman–Crippen LogP) is 6.73. The highest BCUT2D eigenvalue weighted by Gasteiger charge is 2.42. The lowest BCUT2D eigenvalue weighted by atomic mass is 9.75. The molecular formula is C36H39ClN2O5. The standard InChI is InChI=1S/C36H39ClN2O5/c1-25-32(35(40)41)33(28-15-10-16-29(37)23-28)34(31(38-25)24-43-22-20-39-18-8-9-19-39)36(42)44-21-17-30(26-11-4-2-5-12-26)27-13-6-3-7-14-27/h2-7,10-16,23,30,32-33H,8-9,17-22,24H2,1H3,(H,40,41). The second-order valence-electron chi connectivity index (χ2n) is 11.4. The topological polar surface area (TPSA) is 88.4 Å². The van der Waals surface area contributed by atoms with Crippen molar-refractivity contribution < 1.29 is 24.2 Å². The van der Waals surface area contributed by atoms with E-state index in [1.807, 2.05) is 36.4 Å². The third-order valence-electron chi connectivity index (χ3n) is 8.44. The Kier molecular flexibility index (Phi) is 11.0. The molecule has 5 rings (SSSR count). The normalized spacial score (nSPS) is 18.8. The number of hydrogen-bond acceptors (Lipinski definition) is 6. The van der Waals surface area contributed by atoms with E-state index in [1.54, 1.807) is 31.2 Å². The minimum absolute atomic E-state index is 0.0229. The van der Waals surface area contributed by atoms with E-state index in [0.29, 0.717) is 35.0 Å². The summed E-state index contributed by atoms with van der Waals surface area (Å²) in [6, 6.07) is 27.3. The number of carboxylic acid groups (broad SMARTS) is 1. The van der Waals surface area contributed by atoms with Gasteiger partial charge in [-0.2, -0.15) is 0 Å². The van der Waals surface area contributed by atoms with Gasteiger partial charge in [-0.05, 0) is 68.1 Å². The van der Waals surface area contributed by atoms with Crippen LogP contribution in [0.25, 0.3) is 0 Å². The molecule has 0 spiro atoms. The summed E-state index contributed by atoms with van der Waals surface area (Å²) in [6.45, 7) is 5.31. The van der Waals surface area contributed by atoms with Gasteiger partial charge in [-0.1, -0.05) is 84.4 Å². The summed E-state index contributed by atoms with van der Waals surface area (Å²) in [5, 5.41) is 10.8. The highest BCUT2D eigenvalue weighted by atomic mass is 35.5. The summed E-state index contributed by atoms with van der Waals surface area (Å²) in [5.41, 5.74) is 3.89. The van der Waals surface area contributed by atoms with Crippen LogP contribution in [-0.2, 0) is 19.1 Å². The number of ether oxygens (including phenoxy) is 2. The second-order valence-corrected chi connectivity index (χ2v) is 11.8. The quantitative estimate of drug-likeness (QED) is 0.170. The van der Waals surface area contributed by atoms with Crippen molar-refractivity contribution in [3.05, 3.63) is 118 Å². The van der Waals surface area contributed by atoms with Crippen LogP contribution in [0.4, 0.5) is 0 Å². The lowest BCUT2D eigenvalue weighted by Crippen LogP contribution is -2.36. The number of likely N-dealkylation sites (tertiary alicyclic amines) is 1. The molecular weight excluding hydrogens is 576 g/mol. The molecule has 0 saturated carbocycles. The number of nitrogens with zero attached hydrogens (tertiary/aromatic N) is 2. The summed E-state index contributed by atoms with van der Waals surface area (Å²) in [4.78, 5) is 33.6. The fraction of sp³-hybridized carbons (Fsp3) is 0.361. The average Bonchev–Trinajstić information content (AvgIpc) is 3.55. The summed E-state index contributed by atoms with van der Waals surface area (Å²) in [7, 11) is 0. The molecule has 3 aromatic rings. The van der Waals surface area contributed by atoms with Gasteiger partial charge in [-0.15, -0.1) is 0 Å². The van der Waals surface area contributed by atoms with Crippen molar-refractivity contribution in [1.82, 2.24) is 4.90 Å². The first-order valence-electron chi connectivity index (χ1n) is 15.3. The maximum atomic E-state index is 14.0. The van der Waals surface area contributed by atoms with E-state index in [1.165, 1.54) is 12.8 Å². The second kappa shape index (κ2) is 15.3. The van der Waals surface area contributed by atoms with E-state index in [0.717, 1.165) is 30.8 Å². The van der Waals surface area contributed by atoms with Crippen LogP contribution in [0.1, 0.15) is 54.7 Å². The molecule has 1 saturated heterocycles. The molecule has 0 aromatic heterocycles. The molecule has 8 heteroatoms. The summed E-state index contributed by atoms with van der Waals surface area (Å²) in [6.07, 6.45) is 2.94. The smallest absolute Gasteiger partial charge is 0.336 e. The van der Waals surface area contributed by atoms with Crippen molar-refractivity contribution in [3.8, 4) is 0 Å². The van der Waals surface area contributed by atoms with E-state index in [4.69, 9.17) is 21.1 Å². The van der Waals surface area contributed by atoms with Crippen LogP contribution in [0, 0.1) is 5.92 Å². The van der Waals surface area contributed by atoms with Crippen molar-refractivity contribution in [1.29, 1.82) is 0 Å². The SMILES string of the molecule is CC1=NC(COCCN2CCCC2)=C(C(=O)OCCC(c2ccccc2)c2ccccc2)C(c2cccc(Cl)c2)C1C(=O)O. The number of esters is 1. The fourth-order valence-electron chi connectivity index (χ4n) is 6.28. The predicted molar refractivity (Wildman–Crippen MR) is 172 cm³/mol. The first kappa shape index (κ1) is 31.6. The molecule has 2 aliphatic rings. The molecule has 3 aromatic carbocycles. The summed E-state index contributed by atoms with van der Waals surface area (Å²) in [5.74, 6) is -3.51. The molecule has 0 radical (unpaired) electrons. The Morgan fingerprint density at radius 1 is 0.955 bits per heavy atom. The van der Waals surface area contributed by atoms with Gasteiger partial charge in [0.15, 0.2) is 0 Å². The molecule has 230 valence electrons. The molecule has 0 bridgehead atoms. The lowest BCUT2D eigenvalue weighted by Gasteiger charge is -2.31. The Hall–Kier alpha value is -3.78. The highest BCUT2D eigenvalue weighted by Crippen LogP contribution is 2.41. The summed E-state index contributed by atoms with van der Waals surface area (Å²) >= 11 is 6.35. The number of carbonyl (C=O) groups is 2. The van der Waals surface area contributed by atoms with Crippen molar-refractivity contribution >= 4 is 29.3 Å². The van der Waals surface area contributed by atoms with Crippen LogP contribution >= 0.6 is 11.6 Å². The molecule has 1 fully saturated rings. The Bertz CT molecular complexity index is 1450.